The number of carbonyl (C=O) groups is 1. The van der Waals surface area contributed by atoms with Crippen LogP contribution in [0, 0.1) is 5.92 Å². The summed E-state index contributed by atoms with van der Waals surface area (Å²) in [7, 11) is 0. The van der Waals surface area contributed by atoms with Gasteiger partial charge in [-0.15, -0.1) is 11.3 Å². The summed E-state index contributed by atoms with van der Waals surface area (Å²) in [4.78, 5) is 18.1. The Morgan fingerprint density at radius 2 is 2.04 bits per heavy atom. The molecule has 2 heterocycles. The van der Waals surface area contributed by atoms with Crippen LogP contribution in [0.5, 0.6) is 0 Å². The topological polar surface area (TPSA) is 68.0 Å². The van der Waals surface area contributed by atoms with Gasteiger partial charge < -0.3 is 9.84 Å². The van der Waals surface area contributed by atoms with Gasteiger partial charge in [0.1, 0.15) is 0 Å². The van der Waals surface area contributed by atoms with Crippen molar-refractivity contribution < 1.29 is 9.32 Å². The van der Waals surface area contributed by atoms with Crippen LogP contribution in [-0.2, 0) is 11.3 Å². The average Bonchev–Trinajstić information content (AvgIpc) is 3.21. The maximum Gasteiger partial charge on any atom is 0.250 e. The molecule has 25 heavy (non-hydrogen) atoms. The van der Waals surface area contributed by atoms with Crippen molar-refractivity contribution in [2.24, 2.45) is 5.92 Å². The van der Waals surface area contributed by atoms with Crippen LogP contribution in [0.2, 0.25) is 0 Å². The van der Waals surface area contributed by atoms with Gasteiger partial charge in [0, 0.05) is 16.9 Å². The van der Waals surface area contributed by atoms with E-state index in [9.17, 15) is 4.79 Å². The molecule has 0 bridgehead atoms. The van der Waals surface area contributed by atoms with Crippen molar-refractivity contribution in [3.8, 4) is 10.7 Å². The number of amides is 1. The molecule has 0 radical (unpaired) electrons. The van der Waals surface area contributed by atoms with Gasteiger partial charge in [-0.05, 0) is 36.6 Å². The third kappa shape index (κ3) is 4.03. The molecule has 0 spiro atoms. The van der Waals surface area contributed by atoms with E-state index in [1.165, 1.54) is 0 Å². The molecule has 2 aromatic heterocycles. The SMILES string of the molecule is O=C(NCc1ccc(-c2noc(/C=C/c3ccccc3)n2)s1)C1CC1. The van der Waals surface area contributed by atoms with Gasteiger partial charge in [-0.2, -0.15) is 4.98 Å². The molecule has 1 saturated carbocycles. The lowest BCUT2D eigenvalue weighted by molar-refractivity contribution is -0.122. The molecular formula is C19H17N3O2S. The predicted molar refractivity (Wildman–Crippen MR) is 97.6 cm³/mol. The Kier molecular flexibility index (Phi) is 4.43. The molecular weight excluding hydrogens is 334 g/mol. The molecule has 6 heteroatoms. The van der Waals surface area contributed by atoms with E-state index in [4.69, 9.17) is 4.52 Å². The van der Waals surface area contributed by atoms with Gasteiger partial charge in [-0.1, -0.05) is 35.5 Å². The standard InChI is InChI=1S/C19H17N3O2S/c23-19(14-7-8-14)20-12-15-9-10-16(25-15)18-21-17(24-22-18)11-6-13-4-2-1-3-5-13/h1-6,9-11,14H,7-8,12H2,(H,20,23)/b11-6+. The minimum absolute atomic E-state index is 0.155. The van der Waals surface area contributed by atoms with E-state index < -0.39 is 0 Å². The zero-order valence-corrected chi connectivity index (χ0v) is 14.3. The van der Waals surface area contributed by atoms with E-state index in [1.807, 2.05) is 48.5 Å². The smallest absolute Gasteiger partial charge is 0.250 e. The summed E-state index contributed by atoms with van der Waals surface area (Å²) in [5.74, 6) is 1.42. The van der Waals surface area contributed by atoms with Crippen molar-refractivity contribution in [2.45, 2.75) is 19.4 Å². The van der Waals surface area contributed by atoms with E-state index in [0.717, 1.165) is 28.2 Å². The first-order chi connectivity index (χ1) is 12.3. The number of thiophene rings is 1. The van der Waals surface area contributed by atoms with Gasteiger partial charge >= 0.3 is 0 Å². The fourth-order valence-corrected chi connectivity index (χ4v) is 3.27. The van der Waals surface area contributed by atoms with Gasteiger partial charge in [-0.3, -0.25) is 4.79 Å². The first kappa shape index (κ1) is 15.8. The zero-order valence-electron chi connectivity index (χ0n) is 13.5. The van der Waals surface area contributed by atoms with Crippen LogP contribution < -0.4 is 5.32 Å². The summed E-state index contributed by atoms with van der Waals surface area (Å²) < 4.78 is 5.28. The molecule has 5 nitrogen and oxygen atoms in total. The molecule has 0 atom stereocenters. The fraction of sp³-hybridized carbons (Fsp3) is 0.211. The summed E-state index contributed by atoms with van der Waals surface area (Å²) >= 11 is 1.56. The summed E-state index contributed by atoms with van der Waals surface area (Å²) in [5, 5.41) is 7.00. The van der Waals surface area contributed by atoms with Crippen molar-refractivity contribution >= 4 is 29.4 Å². The molecule has 0 aliphatic heterocycles. The minimum Gasteiger partial charge on any atom is -0.351 e. The van der Waals surface area contributed by atoms with Crippen LogP contribution in [0.25, 0.3) is 22.9 Å². The highest BCUT2D eigenvalue weighted by molar-refractivity contribution is 7.15. The van der Waals surface area contributed by atoms with E-state index in [2.05, 4.69) is 15.5 Å². The molecule has 1 N–H and O–H groups in total. The molecule has 0 saturated heterocycles. The minimum atomic E-state index is 0.155. The fourth-order valence-electron chi connectivity index (χ4n) is 2.39. The lowest BCUT2D eigenvalue weighted by atomic mass is 10.2. The molecule has 1 aliphatic carbocycles. The second kappa shape index (κ2) is 7.03. The van der Waals surface area contributed by atoms with Gasteiger partial charge in [0.05, 0.1) is 11.4 Å². The quantitative estimate of drug-likeness (QED) is 0.729. The van der Waals surface area contributed by atoms with Crippen LogP contribution in [0.1, 0.15) is 29.2 Å². The van der Waals surface area contributed by atoms with E-state index in [0.29, 0.717) is 18.3 Å². The van der Waals surface area contributed by atoms with Crippen molar-refractivity contribution in [3.05, 3.63) is 58.8 Å². The number of aromatic nitrogens is 2. The average molecular weight is 351 g/mol. The number of hydrogen-bond acceptors (Lipinski definition) is 5. The molecule has 0 unspecified atom stereocenters. The molecule has 1 amide bonds. The second-order valence-corrected chi connectivity index (χ2v) is 7.13. The summed E-state index contributed by atoms with van der Waals surface area (Å²) in [6.45, 7) is 0.554. The van der Waals surface area contributed by atoms with Gasteiger partial charge in [-0.25, -0.2) is 0 Å². The van der Waals surface area contributed by atoms with Crippen molar-refractivity contribution in [1.29, 1.82) is 0 Å². The molecule has 1 aromatic carbocycles. The molecule has 3 aromatic rings. The number of carbonyl (C=O) groups excluding carboxylic acids is 1. The Hall–Kier alpha value is -2.73. The maximum absolute atomic E-state index is 11.7. The van der Waals surface area contributed by atoms with E-state index in [-0.39, 0.29) is 11.8 Å². The highest BCUT2D eigenvalue weighted by atomic mass is 32.1. The first-order valence-corrected chi connectivity index (χ1v) is 9.03. The molecule has 1 aliphatic rings. The number of hydrogen-bond donors (Lipinski definition) is 1. The van der Waals surface area contributed by atoms with Crippen LogP contribution in [-0.4, -0.2) is 16.0 Å². The highest BCUT2D eigenvalue weighted by Gasteiger charge is 2.29. The predicted octanol–water partition coefficient (Wildman–Crippen LogP) is 3.99. The van der Waals surface area contributed by atoms with Crippen LogP contribution in [0.4, 0.5) is 0 Å². The summed E-state index contributed by atoms with van der Waals surface area (Å²) in [5.41, 5.74) is 1.08. The first-order valence-electron chi connectivity index (χ1n) is 8.21. The second-order valence-electron chi connectivity index (χ2n) is 5.96. The Bertz CT molecular complexity index is 894. The maximum atomic E-state index is 11.7. The Morgan fingerprint density at radius 1 is 1.20 bits per heavy atom. The molecule has 1 fully saturated rings. The third-order valence-corrected chi connectivity index (χ3v) is 5.01. The number of benzene rings is 1. The van der Waals surface area contributed by atoms with Gasteiger partial charge in [0.2, 0.25) is 11.7 Å². The van der Waals surface area contributed by atoms with Crippen molar-refractivity contribution in [2.75, 3.05) is 0 Å². The largest absolute Gasteiger partial charge is 0.351 e. The number of rotatable bonds is 6. The Labute approximate surface area is 149 Å². The van der Waals surface area contributed by atoms with Gasteiger partial charge in [0.25, 0.3) is 5.89 Å². The van der Waals surface area contributed by atoms with Gasteiger partial charge in [0.15, 0.2) is 0 Å². The number of nitrogens with zero attached hydrogens (tertiary/aromatic N) is 2. The molecule has 126 valence electrons. The monoisotopic (exact) mass is 351 g/mol. The van der Waals surface area contributed by atoms with Crippen LogP contribution in [0.15, 0.2) is 47.0 Å². The highest BCUT2D eigenvalue weighted by Crippen LogP contribution is 2.29. The lowest BCUT2D eigenvalue weighted by Crippen LogP contribution is -2.23. The Morgan fingerprint density at radius 3 is 2.84 bits per heavy atom. The zero-order chi connectivity index (χ0) is 17.1. The van der Waals surface area contributed by atoms with Crippen LogP contribution in [0.3, 0.4) is 0 Å². The van der Waals surface area contributed by atoms with Crippen molar-refractivity contribution in [3.63, 3.8) is 0 Å². The van der Waals surface area contributed by atoms with Crippen LogP contribution >= 0.6 is 11.3 Å². The number of nitrogens with one attached hydrogen (secondary N) is 1. The summed E-state index contributed by atoms with van der Waals surface area (Å²) in [6, 6.07) is 13.9. The molecule has 4 rings (SSSR count). The van der Waals surface area contributed by atoms with E-state index >= 15 is 0 Å². The normalized spacial score (nSPS) is 14.1. The lowest BCUT2D eigenvalue weighted by Gasteiger charge is -2.00. The Balaban J connectivity index is 1.40. The van der Waals surface area contributed by atoms with Crippen molar-refractivity contribution in [1.82, 2.24) is 15.5 Å². The third-order valence-electron chi connectivity index (χ3n) is 3.93. The summed E-state index contributed by atoms with van der Waals surface area (Å²) in [6.07, 6.45) is 5.77. The van der Waals surface area contributed by atoms with E-state index in [1.54, 1.807) is 17.4 Å².